The highest BCUT2D eigenvalue weighted by atomic mass is 79.9. The topological polar surface area (TPSA) is 32.8 Å². The summed E-state index contributed by atoms with van der Waals surface area (Å²) in [6.45, 7) is 2.81. The molecule has 0 spiro atoms. The summed E-state index contributed by atoms with van der Waals surface area (Å²) in [6, 6.07) is 6.28. The van der Waals surface area contributed by atoms with Gasteiger partial charge in [0.2, 0.25) is 0 Å². The van der Waals surface area contributed by atoms with Gasteiger partial charge in [-0.05, 0) is 29.7 Å². The second-order valence-corrected chi connectivity index (χ2v) is 5.74. The van der Waals surface area contributed by atoms with Gasteiger partial charge in [0.15, 0.2) is 0 Å². The van der Waals surface area contributed by atoms with Crippen LogP contribution in [-0.2, 0) is 17.8 Å². The first kappa shape index (κ1) is 14.3. The van der Waals surface area contributed by atoms with Crippen LogP contribution in [0.25, 0.3) is 0 Å². The van der Waals surface area contributed by atoms with Gasteiger partial charge in [-0.2, -0.15) is 0 Å². The first-order valence-electron chi connectivity index (χ1n) is 6.38. The summed E-state index contributed by atoms with van der Waals surface area (Å²) >= 11 is 3.47. The zero-order valence-electron chi connectivity index (χ0n) is 11.4. The number of halogens is 1. The van der Waals surface area contributed by atoms with Crippen LogP contribution in [0.1, 0.15) is 17.5 Å². The fraction of sp³-hybridized carbons (Fsp3) is 0.500. The van der Waals surface area contributed by atoms with E-state index < -0.39 is 0 Å². The van der Waals surface area contributed by atoms with Crippen molar-refractivity contribution in [3.05, 3.63) is 33.8 Å². The van der Waals surface area contributed by atoms with Crippen molar-refractivity contribution in [3.8, 4) is 0 Å². The van der Waals surface area contributed by atoms with Gasteiger partial charge in [-0.1, -0.05) is 22.0 Å². The maximum absolute atomic E-state index is 12.3. The lowest BCUT2D eigenvalue weighted by Crippen LogP contribution is -2.38. The average Bonchev–Trinajstić information content (AvgIpc) is 2.80. The Labute approximate surface area is 122 Å². The number of hydrogen-bond donors (Lipinski definition) is 0. The van der Waals surface area contributed by atoms with Gasteiger partial charge >= 0.3 is 6.03 Å². The van der Waals surface area contributed by atoms with Crippen molar-refractivity contribution in [3.63, 3.8) is 0 Å². The van der Waals surface area contributed by atoms with E-state index in [0.717, 1.165) is 17.4 Å². The first-order chi connectivity index (χ1) is 9.11. The third-order valence-electron chi connectivity index (χ3n) is 3.33. The number of fused-ring (bicyclic) bond motifs is 1. The molecule has 104 valence electrons. The van der Waals surface area contributed by atoms with Crippen LogP contribution >= 0.6 is 15.9 Å². The number of ether oxygens (including phenoxy) is 1. The van der Waals surface area contributed by atoms with E-state index in [-0.39, 0.29) is 6.03 Å². The quantitative estimate of drug-likeness (QED) is 0.797. The third-order valence-corrected chi connectivity index (χ3v) is 3.82. The molecule has 1 aromatic rings. The minimum Gasteiger partial charge on any atom is -0.385 e. The number of carbonyl (C=O) groups excluding carboxylic acids is 1. The van der Waals surface area contributed by atoms with Crippen LogP contribution in [0.4, 0.5) is 4.79 Å². The highest BCUT2D eigenvalue weighted by molar-refractivity contribution is 9.10. The molecule has 0 N–H and O–H groups in total. The number of hydrogen-bond acceptors (Lipinski definition) is 2. The van der Waals surface area contributed by atoms with E-state index in [1.54, 1.807) is 12.0 Å². The summed E-state index contributed by atoms with van der Waals surface area (Å²) in [5.41, 5.74) is 2.47. The molecule has 2 amide bonds. The van der Waals surface area contributed by atoms with Crippen molar-refractivity contribution in [2.24, 2.45) is 0 Å². The molecule has 0 bridgehead atoms. The Bertz CT molecular complexity index is 465. The van der Waals surface area contributed by atoms with Gasteiger partial charge in [-0.15, -0.1) is 0 Å². The molecule has 1 aliphatic heterocycles. The number of nitrogens with zero attached hydrogens (tertiary/aromatic N) is 2. The minimum atomic E-state index is 0.0865. The van der Waals surface area contributed by atoms with Crippen molar-refractivity contribution in [1.29, 1.82) is 0 Å². The second kappa shape index (κ2) is 6.39. The molecule has 0 aromatic heterocycles. The highest BCUT2D eigenvalue weighted by Crippen LogP contribution is 2.26. The molecule has 4 nitrogen and oxygen atoms in total. The number of urea groups is 1. The fourth-order valence-electron chi connectivity index (χ4n) is 2.28. The minimum absolute atomic E-state index is 0.0865. The molecule has 0 saturated heterocycles. The molecule has 0 atom stereocenters. The molecule has 0 unspecified atom stereocenters. The molecule has 2 rings (SSSR count). The van der Waals surface area contributed by atoms with Crippen molar-refractivity contribution >= 4 is 22.0 Å². The first-order valence-corrected chi connectivity index (χ1v) is 7.17. The van der Waals surface area contributed by atoms with Crippen LogP contribution in [0, 0.1) is 0 Å². The Morgan fingerprint density at radius 2 is 2.16 bits per heavy atom. The van der Waals surface area contributed by atoms with E-state index in [1.807, 2.05) is 18.0 Å². The largest absolute Gasteiger partial charge is 0.385 e. The molecule has 0 saturated carbocycles. The van der Waals surface area contributed by atoms with E-state index >= 15 is 0 Å². The Hall–Kier alpha value is -1.07. The van der Waals surface area contributed by atoms with Gasteiger partial charge in [0.1, 0.15) is 0 Å². The summed E-state index contributed by atoms with van der Waals surface area (Å²) in [4.78, 5) is 15.9. The molecule has 19 heavy (non-hydrogen) atoms. The molecule has 5 heteroatoms. The van der Waals surface area contributed by atoms with Crippen LogP contribution in [-0.4, -0.2) is 43.1 Å². The Morgan fingerprint density at radius 3 is 2.89 bits per heavy atom. The Kier molecular flexibility index (Phi) is 4.82. The van der Waals surface area contributed by atoms with Crippen molar-refractivity contribution in [2.45, 2.75) is 19.5 Å². The van der Waals surface area contributed by atoms with Crippen LogP contribution in [0.2, 0.25) is 0 Å². The third kappa shape index (κ3) is 3.48. The number of benzene rings is 1. The Morgan fingerprint density at radius 1 is 1.42 bits per heavy atom. The smallest absolute Gasteiger partial charge is 0.320 e. The molecule has 1 heterocycles. The molecule has 0 fully saturated rings. The number of amides is 2. The maximum Gasteiger partial charge on any atom is 0.320 e. The van der Waals surface area contributed by atoms with Crippen LogP contribution in [0.15, 0.2) is 22.7 Å². The van der Waals surface area contributed by atoms with Crippen LogP contribution < -0.4 is 0 Å². The second-order valence-electron chi connectivity index (χ2n) is 4.82. The monoisotopic (exact) mass is 326 g/mol. The lowest BCUT2D eigenvalue weighted by Gasteiger charge is -2.24. The maximum atomic E-state index is 12.3. The summed E-state index contributed by atoms with van der Waals surface area (Å²) in [5.74, 6) is 0. The van der Waals surface area contributed by atoms with Gasteiger partial charge in [0, 0.05) is 44.9 Å². The summed E-state index contributed by atoms with van der Waals surface area (Å²) < 4.78 is 6.07. The van der Waals surface area contributed by atoms with Gasteiger partial charge in [-0.25, -0.2) is 4.79 Å². The van der Waals surface area contributed by atoms with Gasteiger partial charge in [0.05, 0.1) is 0 Å². The van der Waals surface area contributed by atoms with Crippen molar-refractivity contribution in [2.75, 3.05) is 27.3 Å². The van der Waals surface area contributed by atoms with Crippen molar-refractivity contribution in [1.82, 2.24) is 9.80 Å². The number of carbonyl (C=O) groups is 1. The van der Waals surface area contributed by atoms with Gasteiger partial charge in [-0.3, -0.25) is 0 Å². The van der Waals surface area contributed by atoms with E-state index in [9.17, 15) is 4.79 Å². The molecular formula is C14H19BrN2O2. The summed E-state index contributed by atoms with van der Waals surface area (Å²) in [5, 5.41) is 0. The van der Waals surface area contributed by atoms with E-state index in [4.69, 9.17) is 4.74 Å². The predicted octanol–water partition coefficient (Wildman–Crippen LogP) is 2.85. The zero-order chi connectivity index (χ0) is 13.8. The lowest BCUT2D eigenvalue weighted by molar-refractivity contribution is 0.150. The lowest BCUT2D eigenvalue weighted by atomic mass is 10.1. The summed E-state index contributed by atoms with van der Waals surface area (Å²) in [6.07, 6.45) is 0.866. The molecule has 1 aromatic carbocycles. The van der Waals surface area contributed by atoms with E-state index in [2.05, 4.69) is 28.1 Å². The van der Waals surface area contributed by atoms with Crippen LogP contribution in [0.3, 0.4) is 0 Å². The molecule has 0 radical (unpaired) electrons. The van der Waals surface area contributed by atoms with Gasteiger partial charge < -0.3 is 14.5 Å². The standard InChI is InChI=1S/C14H19BrN2O2/c1-16(6-3-7-19-2)14(18)17-9-11-4-5-13(15)8-12(11)10-17/h4-5,8H,3,6-7,9-10H2,1-2H3. The fourth-order valence-corrected chi connectivity index (χ4v) is 2.69. The number of rotatable bonds is 4. The average molecular weight is 327 g/mol. The van der Waals surface area contributed by atoms with E-state index in [0.29, 0.717) is 19.7 Å². The number of methoxy groups -OCH3 is 1. The van der Waals surface area contributed by atoms with Gasteiger partial charge in [0.25, 0.3) is 0 Å². The van der Waals surface area contributed by atoms with E-state index in [1.165, 1.54) is 11.1 Å². The predicted molar refractivity (Wildman–Crippen MR) is 77.9 cm³/mol. The molecular weight excluding hydrogens is 308 g/mol. The molecule has 0 aliphatic carbocycles. The molecule has 1 aliphatic rings. The normalized spacial score (nSPS) is 13.5. The Balaban J connectivity index is 1.92. The summed E-state index contributed by atoms with van der Waals surface area (Å²) in [7, 11) is 3.52. The van der Waals surface area contributed by atoms with Crippen LogP contribution in [0.5, 0.6) is 0 Å². The SMILES string of the molecule is COCCCN(C)C(=O)N1Cc2ccc(Br)cc2C1. The highest BCUT2D eigenvalue weighted by Gasteiger charge is 2.25. The zero-order valence-corrected chi connectivity index (χ0v) is 12.9. The van der Waals surface area contributed by atoms with Crippen molar-refractivity contribution < 1.29 is 9.53 Å².